The number of unbranched alkanes of at least 4 members (excludes halogenated alkanes) is 39. The maximum absolute atomic E-state index is 12.9. The minimum atomic E-state index is -0.788. The van der Waals surface area contributed by atoms with Crippen LogP contribution in [0.5, 0.6) is 0 Å². The second kappa shape index (κ2) is 63.6. The zero-order valence-electron chi connectivity index (χ0n) is 50.1. The van der Waals surface area contributed by atoms with E-state index in [-0.39, 0.29) is 31.1 Å². The number of rotatable bonds is 60. The molecule has 0 amide bonds. The lowest BCUT2D eigenvalue weighted by Crippen LogP contribution is -2.30. The molecule has 0 radical (unpaired) electrons. The van der Waals surface area contributed by atoms with Crippen molar-refractivity contribution in [2.24, 2.45) is 0 Å². The molecule has 0 heterocycles. The molecule has 0 saturated heterocycles. The van der Waals surface area contributed by atoms with Crippen LogP contribution >= 0.6 is 0 Å². The van der Waals surface area contributed by atoms with Crippen molar-refractivity contribution in [1.82, 2.24) is 0 Å². The molecule has 6 heteroatoms. The number of hydrogen-bond acceptors (Lipinski definition) is 6. The van der Waals surface area contributed by atoms with Crippen molar-refractivity contribution in [2.45, 2.75) is 348 Å². The highest BCUT2D eigenvalue weighted by Crippen LogP contribution is 2.17. The molecular formula is C69H124O6. The standard InChI is InChI=1S/C69H124O6/c1-4-7-10-13-16-19-22-25-28-31-34-37-40-43-46-49-52-55-58-61-67(70)73-64-66(75-69(72)63-60-57-54-51-48-45-42-39-36-33-30-27-24-21-18-15-12-9-6-3)65-74-68(71)62-59-56-53-50-47-44-41-38-35-32-29-26-23-20-17-14-11-8-5-2/h16,19,25-26,28-29,34,37,43,46,66H,4-15,17-18,20-24,27,30-33,35-36,38-42,44-45,47-65H2,1-3H3/b19-16-,28-25-,29-26-,37-34-,46-43-/t66-/m1/s1. The smallest absolute Gasteiger partial charge is 0.306 e. The van der Waals surface area contributed by atoms with E-state index in [2.05, 4.69) is 81.5 Å². The van der Waals surface area contributed by atoms with Gasteiger partial charge >= 0.3 is 17.9 Å². The monoisotopic (exact) mass is 1050 g/mol. The van der Waals surface area contributed by atoms with E-state index in [4.69, 9.17) is 14.2 Å². The molecule has 6 nitrogen and oxygen atoms in total. The van der Waals surface area contributed by atoms with Crippen molar-refractivity contribution in [3.63, 3.8) is 0 Å². The Morgan fingerprint density at radius 1 is 0.267 bits per heavy atom. The molecule has 0 saturated carbocycles. The lowest BCUT2D eigenvalue weighted by atomic mass is 10.0. The van der Waals surface area contributed by atoms with E-state index in [0.717, 1.165) is 83.5 Å². The molecule has 0 aromatic rings. The lowest BCUT2D eigenvalue weighted by Gasteiger charge is -2.18. The fourth-order valence-electron chi connectivity index (χ4n) is 9.54. The summed E-state index contributed by atoms with van der Waals surface area (Å²) in [5.41, 5.74) is 0. The Labute approximate surface area is 466 Å². The molecule has 0 fully saturated rings. The van der Waals surface area contributed by atoms with E-state index in [1.807, 2.05) is 0 Å². The van der Waals surface area contributed by atoms with Crippen LogP contribution in [0.3, 0.4) is 0 Å². The number of hydrogen-bond donors (Lipinski definition) is 0. The average molecular weight is 1050 g/mol. The Bertz CT molecular complexity index is 1340. The summed E-state index contributed by atoms with van der Waals surface area (Å²) in [6.45, 7) is 6.63. The molecule has 0 N–H and O–H groups in total. The highest BCUT2D eigenvalue weighted by Gasteiger charge is 2.19. The Morgan fingerprint density at radius 2 is 0.480 bits per heavy atom. The van der Waals surface area contributed by atoms with E-state index in [0.29, 0.717) is 19.3 Å². The average Bonchev–Trinajstić information content (AvgIpc) is 3.41. The molecule has 0 aliphatic rings. The SMILES string of the molecule is CCCCC/C=C\C/C=C\C/C=C\C/C=C\CCCCCC(=O)OC[C@H](COC(=O)CCCCCCCCCCC/C=C\CCCCCCCC)OC(=O)CCCCCCCCCCCCCCCCCCCCC. The van der Waals surface area contributed by atoms with Gasteiger partial charge in [0.2, 0.25) is 0 Å². The molecule has 0 rings (SSSR count). The van der Waals surface area contributed by atoms with Crippen LogP contribution in [0.25, 0.3) is 0 Å². The van der Waals surface area contributed by atoms with Crippen LogP contribution < -0.4 is 0 Å². The number of carbonyl (C=O) groups is 3. The largest absolute Gasteiger partial charge is 0.462 e. The summed E-state index contributed by atoms with van der Waals surface area (Å²) in [4.78, 5) is 38.4. The van der Waals surface area contributed by atoms with Crippen molar-refractivity contribution >= 4 is 17.9 Å². The van der Waals surface area contributed by atoms with Gasteiger partial charge in [-0.2, -0.15) is 0 Å². The van der Waals surface area contributed by atoms with E-state index in [9.17, 15) is 14.4 Å². The maximum Gasteiger partial charge on any atom is 0.306 e. The first kappa shape index (κ1) is 72.1. The van der Waals surface area contributed by atoms with Crippen LogP contribution in [0.2, 0.25) is 0 Å². The van der Waals surface area contributed by atoms with Crippen LogP contribution in [0, 0.1) is 0 Å². The van der Waals surface area contributed by atoms with Gasteiger partial charge in [0.15, 0.2) is 6.10 Å². The van der Waals surface area contributed by atoms with E-state index in [1.165, 1.54) is 218 Å². The molecule has 0 unspecified atom stereocenters. The van der Waals surface area contributed by atoms with Gasteiger partial charge in [-0.1, -0.05) is 293 Å². The topological polar surface area (TPSA) is 78.9 Å². The van der Waals surface area contributed by atoms with Gasteiger partial charge in [-0.25, -0.2) is 0 Å². The van der Waals surface area contributed by atoms with Gasteiger partial charge in [-0.05, 0) is 89.9 Å². The zero-order valence-corrected chi connectivity index (χ0v) is 50.1. The third-order valence-electron chi connectivity index (χ3n) is 14.5. The third kappa shape index (κ3) is 61.8. The van der Waals surface area contributed by atoms with Crippen molar-refractivity contribution in [3.05, 3.63) is 60.8 Å². The summed E-state index contributed by atoms with van der Waals surface area (Å²) in [7, 11) is 0. The minimum absolute atomic E-state index is 0.0823. The van der Waals surface area contributed by atoms with E-state index < -0.39 is 6.10 Å². The molecule has 0 aliphatic heterocycles. The van der Waals surface area contributed by atoms with Crippen LogP contribution in [0.1, 0.15) is 342 Å². The second-order valence-corrected chi connectivity index (χ2v) is 22.0. The van der Waals surface area contributed by atoms with E-state index in [1.54, 1.807) is 0 Å². The quantitative estimate of drug-likeness (QED) is 0.0261. The number of ether oxygens (including phenoxy) is 3. The van der Waals surface area contributed by atoms with Gasteiger partial charge in [-0.15, -0.1) is 0 Å². The molecule has 436 valence electrons. The molecule has 0 aromatic carbocycles. The van der Waals surface area contributed by atoms with Gasteiger partial charge < -0.3 is 14.2 Å². The molecular weight excluding hydrogens is 925 g/mol. The lowest BCUT2D eigenvalue weighted by molar-refractivity contribution is -0.167. The maximum atomic E-state index is 12.9. The molecule has 1 atom stereocenters. The van der Waals surface area contributed by atoms with Crippen LogP contribution in [0.4, 0.5) is 0 Å². The van der Waals surface area contributed by atoms with E-state index >= 15 is 0 Å². The predicted molar refractivity (Wildman–Crippen MR) is 325 cm³/mol. The van der Waals surface area contributed by atoms with Crippen molar-refractivity contribution in [1.29, 1.82) is 0 Å². The summed E-state index contributed by atoms with van der Waals surface area (Å²) in [5.74, 6) is -0.895. The highest BCUT2D eigenvalue weighted by atomic mass is 16.6. The normalized spacial score (nSPS) is 12.4. The van der Waals surface area contributed by atoms with Crippen molar-refractivity contribution < 1.29 is 28.6 Å². The first-order valence-electron chi connectivity index (χ1n) is 32.8. The highest BCUT2D eigenvalue weighted by molar-refractivity contribution is 5.71. The van der Waals surface area contributed by atoms with Gasteiger partial charge in [0.1, 0.15) is 13.2 Å². The third-order valence-corrected chi connectivity index (χ3v) is 14.5. The first-order valence-corrected chi connectivity index (χ1v) is 32.8. The van der Waals surface area contributed by atoms with Gasteiger partial charge in [0.05, 0.1) is 0 Å². The van der Waals surface area contributed by atoms with Gasteiger partial charge in [-0.3, -0.25) is 14.4 Å². The Morgan fingerprint density at radius 3 is 0.800 bits per heavy atom. The Balaban J connectivity index is 4.40. The summed E-state index contributed by atoms with van der Waals surface area (Å²) in [6.07, 6.45) is 80.8. The molecule has 0 aliphatic carbocycles. The van der Waals surface area contributed by atoms with Crippen LogP contribution in [-0.4, -0.2) is 37.2 Å². The summed E-state index contributed by atoms with van der Waals surface area (Å²) < 4.78 is 16.9. The van der Waals surface area contributed by atoms with Crippen LogP contribution in [-0.2, 0) is 28.6 Å². The van der Waals surface area contributed by atoms with Crippen molar-refractivity contribution in [3.8, 4) is 0 Å². The number of carbonyl (C=O) groups excluding carboxylic acids is 3. The molecule has 75 heavy (non-hydrogen) atoms. The Kier molecular flexibility index (Phi) is 61.2. The zero-order chi connectivity index (χ0) is 54.3. The summed E-state index contributed by atoms with van der Waals surface area (Å²) in [5, 5.41) is 0. The second-order valence-electron chi connectivity index (χ2n) is 22.0. The van der Waals surface area contributed by atoms with Gasteiger partial charge in [0, 0.05) is 19.3 Å². The minimum Gasteiger partial charge on any atom is -0.462 e. The number of allylic oxidation sites excluding steroid dienone is 10. The number of esters is 3. The summed E-state index contributed by atoms with van der Waals surface area (Å²) in [6, 6.07) is 0. The molecule has 0 aromatic heterocycles. The predicted octanol–water partition coefficient (Wildman–Crippen LogP) is 22.3. The van der Waals surface area contributed by atoms with Gasteiger partial charge in [0.25, 0.3) is 0 Å². The Hall–Kier alpha value is -2.89. The van der Waals surface area contributed by atoms with Crippen molar-refractivity contribution in [2.75, 3.05) is 13.2 Å². The molecule has 0 bridgehead atoms. The fourth-order valence-corrected chi connectivity index (χ4v) is 9.54. The van der Waals surface area contributed by atoms with Crippen LogP contribution in [0.15, 0.2) is 60.8 Å². The summed E-state index contributed by atoms with van der Waals surface area (Å²) >= 11 is 0. The molecule has 0 spiro atoms. The fraction of sp³-hybridized carbons (Fsp3) is 0.812. The first-order chi connectivity index (χ1) is 37.0.